The van der Waals surface area contributed by atoms with Gasteiger partial charge in [0.2, 0.25) is 5.91 Å². The number of rotatable bonds is 5. The van der Waals surface area contributed by atoms with E-state index in [-0.39, 0.29) is 24.3 Å². The molecule has 6 nitrogen and oxygen atoms in total. The lowest BCUT2D eigenvalue weighted by atomic mass is 9.82. The molecule has 5 atom stereocenters. The zero-order valence-corrected chi connectivity index (χ0v) is 16.9. The Morgan fingerprint density at radius 2 is 1.96 bits per heavy atom. The number of carbonyl (C=O) groups is 3. The molecule has 0 aliphatic heterocycles. The summed E-state index contributed by atoms with van der Waals surface area (Å²) in [6.45, 7) is 4.21. The highest BCUT2D eigenvalue weighted by Crippen LogP contribution is 2.49. The van der Waals surface area contributed by atoms with Gasteiger partial charge in [-0.15, -0.1) is 11.3 Å². The Bertz CT molecular complexity index is 857. The van der Waals surface area contributed by atoms with E-state index in [9.17, 15) is 19.5 Å². The van der Waals surface area contributed by atoms with Gasteiger partial charge in [0.1, 0.15) is 5.00 Å². The van der Waals surface area contributed by atoms with E-state index in [1.807, 2.05) is 12.2 Å². The average Bonchev–Trinajstić information content (AvgIpc) is 3.33. The second kappa shape index (κ2) is 7.35. The maximum absolute atomic E-state index is 13.1. The quantitative estimate of drug-likeness (QED) is 0.580. The van der Waals surface area contributed by atoms with Crippen LogP contribution in [0, 0.1) is 29.6 Å². The number of hydrogen-bond donors (Lipinski definition) is 2. The smallest absolute Gasteiger partial charge is 0.341 e. The Balaban J connectivity index is 1.64. The fourth-order valence-electron chi connectivity index (χ4n) is 4.97. The van der Waals surface area contributed by atoms with Gasteiger partial charge < -0.3 is 15.2 Å². The predicted molar refractivity (Wildman–Crippen MR) is 105 cm³/mol. The molecule has 1 aromatic rings. The molecule has 0 saturated heterocycles. The van der Waals surface area contributed by atoms with Crippen LogP contribution in [0.5, 0.6) is 0 Å². The number of carbonyl (C=O) groups excluding carboxylic acids is 2. The zero-order valence-electron chi connectivity index (χ0n) is 16.1. The Labute approximate surface area is 168 Å². The van der Waals surface area contributed by atoms with Crippen molar-refractivity contribution in [2.45, 2.75) is 39.5 Å². The Hall–Kier alpha value is -2.15. The molecule has 3 aliphatic carbocycles. The first-order valence-corrected chi connectivity index (χ1v) is 10.8. The molecule has 1 amide bonds. The van der Waals surface area contributed by atoms with E-state index in [0.29, 0.717) is 22.9 Å². The number of hydrogen-bond acceptors (Lipinski definition) is 5. The van der Waals surface area contributed by atoms with E-state index < -0.39 is 23.8 Å². The first kappa shape index (κ1) is 19.2. The normalized spacial score (nSPS) is 30.1. The maximum atomic E-state index is 13.1. The third-order valence-corrected chi connectivity index (χ3v) is 7.44. The van der Waals surface area contributed by atoms with Crippen molar-refractivity contribution in [1.82, 2.24) is 0 Å². The molecule has 0 spiro atoms. The fraction of sp³-hybridized carbons (Fsp3) is 0.571. The number of allylic oxidation sites excluding steroid dienone is 2. The van der Waals surface area contributed by atoms with Crippen LogP contribution in [0.25, 0.3) is 0 Å². The van der Waals surface area contributed by atoms with Gasteiger partial charge in [0.05, 0.1) is 24.0 Å². The van der Waals surface area contributed by atoms with Crippen LogP contribution in [0.4, 0.5) is 5.00 Å². The molecule has 7 heteroatoms. The van der Waals surface area contributed by atoms with Crippen molar-refractivity contribution in [2.75, 3.05) is 11.9 Å². The number of thiophene rings is 1. The number of carboxylic acids is 1. The molecule has 0 unspecified atom stereocenters. The molecule has 1 fully saturated rings. The summed E-state index contributed by atoms with van der Waals surface area (Å²) in [5.74, 6) is -2.53. The highest BCUT2D eigenvalue weighted by molar-refractivity contribution is 7.17. The highest BCUT2D eigenvalue weighted by atomic mass is 32.1. The van der Waals surface area contributed by atoms with Crippen LogP contribution in [-0.2, 0) is 27.2 Å². The number of fused-ring (bicyclic) bond motifs is 3. The van der Waals surface area contributed by atoms with Crippen molar-refractivity contribution in [1.29, 1.82) is 0 Å². The lowest BCUT2D eigenvalue weighted by molar-refractivity contribution is -0.146. The molecule has 1 aromatic heterocycles. The van der Waals surface area contributed by atoms with Crippen molar-refractivity contribution in [2.24, 2.45) is 29.6 Å². The molecule has 28 heavy (non-hydrogen) atoms. The molecule has 0 radical (unpaired) electrons. The van der Waals surface area contributed by atoms with E-state index in [1.165, 1.54) is 11.3 Å². The Kier molecular flexibility index (Phi) is 5.04. The van der Waals surface area contributed by atoms with Crippen LogP contribution in [0.1, 0.15) is 47.5 Å². The monoisotopic (exact) mass is 403 g/mol. The molecule has 150 valence electrons. The van der Waals surface area contributed by atoms with Gasteiger partial charge in [0.25, 0.3) is 0 Å². The van der Waals surface area contributed by atoms with Crippen molar-refractivity contribution in [3.05, 3.63) is 28.2 Å². The summed E-state index contributed by atoms with van der Waals surface area (Å²) >= 11 is 1.44. The maximum Gasteiger partial charge on any atom is 0.341 e. The molecule has 0 aromatic carbocycles. The third-order valence-electron chi connectivity index (χ3n) is 6.28. The molecule has 1 heterocycles. The first-order chi connectivity index (χ1) is 13.4. The molecular weight excluding hydrogens is 378 g/mol. The van der Waals surface area contributed by atoms with Crippen LogP contribution < -0.4 is 5.32 Å². The van der Waals surface area contributed by atoms with Crippen molar-refractivity contribution >= 4 is 34.2 Å². The van der Waals surface area contributed by atoms with Crippen LogP contribution in [-0.4, -0.2) is 29.6 Å². The van der Waals surface area contributed by atoms with Gasteiger partial charge in [-0.1, -0.05) is 19.1 Å². The lowest BCUT2D eigenvalue weighted by Crippen LogP contribution is -2.36. The minimum atomic E-state index is -0.929. The Morgan fingerprint density at radius 1 is 1.25 bits per heavy atom. The second-order valence-corrected chi connectivity index (χ2v) is 9.21. The third kappa shape index (κ3) is 3.15. The highest BCUT2D eigenvalue weighted by Gasteiger charge is 2.51. The summed E-state index contributed by atoms with van der Waals surface area (Å²) in [5.41, 5.74) is 1.45. The van der Waals surface area contributed by atoms with Gasteiger partial charge in [0.15, 0.2) is 0 Å². The molecule has 1 saturated carbocycles. The van der Waals surface area contributed by atoms with Gasteiger partial charge in [0, 0.05) is 4.88 Å². The Morgan fingerprint density at radius 3 is 2.64 bits per heavy atom. The number of ether oxygens (including phenoxy) is 1. The molecule has 3 aliphatic rings. The van der Waals surface area contributed by atoms with Crippen LogP contribution >= 0.6 is 11.3 Å². The standard InChI is InChI=1S/C21H25NO5S/c1-3-27-21(26)17-13-7-4-10(2)8-14(13)28-19(17)22-18(23)15-11-5-6-12(9-11)16(15)20(24)25/h5-6,10-12,15-16H,3-4,7-9H2,1-2H3,(H,22,23)(H,24,25)/t10-,11-,12-,15+,16+/m0/s1. The first-order valence-electron chi connectivity index (χ1n) is 9.94. The number of carboxylic acid groups (broad SMARTS) is 1. The van der Waals surface area contributed by atoms with Gasteiger partial charge in [-0.05, 0) is 55.9 Å². The summed E-state index contributed by atoms with van der Waals surface area (Å²) in [4.78, 5) is 38.5. The van der Waals surface area contributed by atoms with Crippen LogP contribution in [0.15, 0.2) is 12.2 Å². The van der Waals surface area contributed by atoms with E-state index in [4.69, 9.17) is 4.74 Å². The van der Waals surface area contributed by atoms with Gasteiger partial charge in [-0.3, -0.25) is 9.59 Å². The van der Waals surface area contributed by atoms with Crippen molar-refractivity contribution in [3.8, 4) is 0 Å². The minimum absolute atomic E-state index is 0.0493. The van der Waals surface area contributed by atoms with E-state index in [0.717, 1.165) is 29.7 Å². The number of anilines is 1. The van der Waals surface area contributed by atoms with Crippen molar-refractivity contribution in [3.63, 3.8) is 0 Å². The van der Waals surface area contributed by atoms with Crippen LogP contribution in [0.3, 0.4) is 0 Å². The summed E-state index contributed by atoms with van der Waals surface area (Å²) in [6, 6.07) is 0. The number of esters is 1. The summed E-state index contributed by atoms with van der Waals surface area (Å²) < 4.78 is 5.25. The lowest BCUT2D eigenvalue weighted by Gasteiger charge is -2.23. The largest absolute Gasteiger partial charge is 0.481 e. The minimum Gasteiger partial charge on any atom is -0.481 e. The average molecular weight is 404 g/mol. The van der Waals surface area contributed by atoms with E-state index in [2.05, 4.69) is 12.2 Å². The predicted octanol–water partition coefficient (Wildman–Crippen LogP) is 3.51. The molecule has 2 N–H and O–H groups in total. The van der Waals surface area contributed by atoms with Gasteiger partial charge in [-0.2, -0.15) is 0 Å². The van der Waals surface area contributed by atoms with Gasteiger partial charge in [-0.25, -0.2) is 4.79 Å². The fourth-order valence-corrected chi connectivity index (χ4v) is 6.37. The molecule has 2 bridgehead atoms. The molecular formula is C21H25NO5S. The number of amides is 1. The van der Waals surface area contributed by atoms with Crippen LogP contribution in [0.2, 0.25) is 0 Å². The summed E-state index contributed by atoms with van der Waals surface area (Å²) in [7, 11) is 0. The van der Waals surface area contributed by atoms with E-state index in [1.54, 1.807) is 6.92 Å². The summed E-state index contributed by atoms with van der Waals surface area (Å²) in [5, 5.41) is 13.0. The topological polar surface area (TPSA) is 92.7 Å². The second-order valence-electron chi connectivity index (χ2n) is 8.10. The SMILES string of the molecule is CCOC(=O)c1c(NC(=O)[C@H]2[C@H](C(=O)O)[C@H]3C=C[C@H]2C3)sc2c1CC[C@H](C)C2. The number of aliphatic carboxylic acids is 1. The van der Waals surface area contributed by atoms with Crippen molar-refractivity contribution < 1.29 is 24.2 Å². The van der Waals surface area contributed by atoms with Gasteiger partial charge >= 0.3 is 11.9 Å². The van der Waals surface area contributed by atoms with E-state index >= 15 is 0 Å². The summed E-state index contributed by atoms with van der Waals surface area (Å²) in [6.07, 6.45) is 7.27. The molecule has 4 rings (SSSR count). The number of nitrogens with one attached hydrogen (secondary N) is 1. The zero-order chi connectivity index (χ0) is 20.0.